The van der Waals surface area contributed by atoms with Crippen LogP contribution in [-0.2, 0) is 9.53 Å². The Hall–Kier alpha value is -1.39. The number of aryl methyl sites for hydroxylation is 1. The van der Waals surface area contributed by atoms with Gasteiger partial charge in [-0.1, -0.05) is 24.3 Å². The predicted octanol–water partition coefficient (Wildman–Crippen LogP) is 0.952. The highest BCUT2D eigenvalue weighted by molar-refractivity contribution is 5.69. The standard InChI is InChI=1S/C12H16O4/c1-8-5-3-4-6-9(8)12(15)10(13)7-11(14)16-2/h3-6,10,12-13,15H,7H2,1-2H3. The van der Waals surface area contributed by atoms with Crippen LogP contribution in [0.5, 0.6) is 0 Å². The minimum Gasteiger partial charge on any atom is -0.469 e. The second kappa shape index (κ2) is 5.63. The molecular formula is C12H16O4. The van der Waals surface area contributed by atoms with Gasteiger partial charge in [0.2, 0.25) is 0 Å². The Morgan fingerprint density at radius 1 is 1.38 bits per heavy atom. The maximum absolute atomic E-state index is 10.9. The average molecular weight is 224 g/mol. The van der Waals surface area contributed by atoms with Crippen LogP contribution in [0.25, 0.3) is 0 Å². The molecule has 0 heterocycles. The molecule has 0 saturated heterocycles. The molecule has 16 heavy (non-hydrogen) atoms. The molecule has 1 rings (SSSR count). The normalized spacial score (nSPS) is 14.2. The van der Waals surface area contributed by atoms with E-state index in [9.17, 15) is 15.0 Å². The third-order valence-corrected chi connectivity index (χ3v) is 2.48. The van der Waals surface area contributed by atoms with Crippen molar-refractivity contribution in [1.82, 2.24) is 0 Å². The molecule has 0 aliphatic heterocycles. The van der Waals surface area contributed by atoms with Gasteiger partial charge in [-0.15, -0.1) is 0 Å². The van der Waals surface area contributed by atoms with Crippen molar-refractivity contribution in [2.75, 3.05) is 7.11 Å². The van der Waals surface area contributed by atoms with Gasteiger partial charge in [0.25, 0.3) is 0 Å². The lowest BCUT2D eigenvalue weighted by molar-refractivity contribution is -0.144. The summed E-state index contributed by atoms with van der Waals surface area (Å²) >= 11 is 0. The smallest absolute Gasteiger partial charge is 0.308 e. The number of benzene rings is 1. The van der Waals surface area contributed by atoms with E-state index in [1.165, 1.54) is 7.11 Å². The molecule has 1 aromatic carbocycles. The topological polar surface area (TPSA) is 66.8 Å². The van der Waals surface area contributed by atoms with Crippen LogP contribution in [0.4, 0.5) is 0 Å². The molecule has 0 aliphatic rings. The fraction of sp³-hybridized carbons (Fsp3) is 0.417. The van der Waals surface area contributed by atoms with Gasteiger partial charge in [0, 0.05) is 0 Å². The zero-order valence-electron chi connectivity index (χ0n) is 9.38. The van der Waals surface area contributed by atoms with Gasteiger partial charge in [0.15, 0.2) is 0 Å². The Labute approximate surface area is 94.5 Å². The fourth-order valence-electron chi connectivity index (χ4n) is 1.49. The Kier molecular flexibility index (Phi) is 4.46. The molecular weight excluding hydrogens is 208 g/mol. The molecule has 2 N–H and O–H groups in total. The predicted molar refractivity (Wildman–Crippen MR) is 58.8 cm³/mol. The Balaban J connectivity index is 2.74. The van der Waals surface area contributed by atoms with Crippen molar-refractivity contribution in [3.8, 4) is 0 Å². The molecule has 88 valence electrons. The third kappa shape index (κ3) is 3.05. The largest absolute Gasteiger partial charge is 0.469 e. The van der Waals surface area contributed by atoms with Gasteiger partial charge >= 0.3 is 5.97 Å². The van der Waals surface area contributed by atoms with Crippen molar-refractivity contribution in [2.24, 2.45) is 0 Å². The minimum absolute atomic E-state index is 0.216. The third-order valence-electron chi connectivity index (χ3n) is 2.48. The van der Waals surface area contributed by atoms with Crippen molar-refractivity contribution < 1.29 is 19.7 Å². The first-order valence-corrected chi connectivity index (χ1v) is 5.04. The number of methoxy groups -OCH3 is 1. The van der Waals surface area contributed by atoms with E-state index in [2.05, 4.69) is 4.74 Å². The summed E-state index contributed by atoms with van der Waals surface area (Å²) in [6, 6.07) is 7.18. The molecule has 0 aliphatic carbocycles. The zero-order chi connectivity index (χ0) is 12.1. The SMILES string of the molecule is COC(=O)CC(O)C(O)c1ccccc1C. The van der Waals surface area contributed by atoms with Gasteiger partial charge < -0.3 is 14.9 Å². The van der Waals surface area contributed by atoms with E-state index >= 15 is 0 Å². The maximum atomic E-state index is 10.9. The van der Waals surface area contributed by atoms with E-state index in [1.807, 2.05) is 19.1 Å². The summed E-state index contributed by atoms with van der Waals surface area (Å²) in [5.41, 5.74) is 1.50. The summed E-state index contributed by atoms with van der Waals surface area (Å²) in [4.78, 5) is 10.9. The molecule has 0 spiro atoms. The zero-order valence-corrected chi connectivity index (χ0v) is 9.38. The highest BCUT2D eigenvalue weighted by Crippen LogP contribution is 2.22. The Morgan fingerprint density at radius 3 is 2.56 bits per heavy atom. The first kappa shape index (κ1) is 12.7. The quantitative estimate of drug-likeness (QED) is 0.747. The average Bonchev–Trinajstić information content (AvgIpc) is 2.28. The number of aliphatic hydroxyl groups is 2. The van der Waals surface area contributed by atoms with E-state index in [-0.39, 0.29) is 6.42 Å². The molecule has 0 amide bonds. The van der Waals surface area contributed by atoms with Crippen LogP contribution in [0.2, 0.25) is 0 Å². The van der Waals surface area contributed by atoms with Crippen molar-refractivity contribution in [3.63, 3.8) is 0 Å². The number of hydrogen-bond donors (Lipinski definition) is 2. The second-order valence-corrected chi connectivity index (χ2v) is 3.65. The van der Waals surface area contributed by atoms with Gasteiger partial charge in [-0.25, -0.2) is 0 Å². The Bertz CT molecular complexity index is 362. The molecule has 0 bridgehead atoms. The van der Waals surface area contributed by atoms with Crippen molar-refractivity contribution >= 4 is 5.97 Å². The van der Waals surface area contributed by atoms with Gasteiger partial charge in [-0.3, -0.25) is 4.79 Å². The van der Waals surface area contributed by atoms with Crippen LogP contribution in [-0.4, -0.2) is 29.4 Å². The summed E-state index contributed by atoms with van der Waals surface area (Å²) < 4.78 is 4.43. The number of aliphatic hydroxyl groups excluding tert-OH is 2. The van der Waals surface area contributed by atoms with Crippen LogP contribution in [0, 0.1) is 6.92 Å². The lowest BCUT2D eigenvalue weighted by atomic mass is 9.98. The van der Waals surface area contributed by atoms with Crippen molar-refractivity contribution in [2.45, 2.75) is 25.6 Å². The first-order chi connectivity index (χ1) is 7.56. The summed E-state index contributed by atoms with van der Waals surface area (Å²) in [7, 11) is 1.25. The van der Waals surface area contributed by atoms with Crippen LogP contribution < -0.4 is 0 Å². The summed E-state index contributed by atoms with van der Waals surface area (Å²) in [6.45, 7) is 1.84. The summed E-state index contributed by atoms with van der Waals surface area (Å²) in [6.07, 6.45) is -2.43. The maximum Gasteiger partial charge on any atom is 0.308 e. The van der Waals surface area contributed by atoms with Crippen LogP contribution in [0.3, 0.4) is 0 Å². The monoisotopic (exact) mass is 224 g/mol. The van der Waals surface area contributed by atoms with Gasteiger partial charge in [-0.2, -0.15) is 0 Å². The highest BCUT2D eigenvalue weighted by atomic mass is 16.5. The number of ether oxygens (including phenoxy) is 1. The lowest BCUT2D eigenvalue weighted by Crippen LogP contribution is -2.23. The lowest BCUT2D eigenvalue weighted by Gasteiger charge is -2.18. The second-order valence-electron chi connectivity index (χ2n) is 3.65. The van der Waals surface area contributed by atoms with Crippen LogP contribution >= 0.6 is 0 Å². The molecule has 1 aromatic rings. The highest BCUT2D eigenvalue weighted by Gasteiger charge is 2.22. The summed E-state index contributed by atoms with van der Waals surface area (Å²) in [5, 5.41) is 19.5. The van der Waals surface area contributed by atoms with Crippen molar-refractivity contribution in [1.29, 1.82) is 0 Å². The van der Waals surface area contributed by atoms with Gasteiger partial charge in [-0.05, 0) is 18.1 Å². The molecule has 0 fully saturated rings. The molecule has 2 atom stereocenters. The number of esters is 1. The minimum atomic E-state index is -1.14. The molecule has 2 unspecified atom stereocenters. The van der Waals surface area contributed by atoms with Gasteiger partial charge in [0.05, 0.1) is 19.6 Å². The summed E-state index contributed by atoms with van der Waals surface area (Å²) in [5.74, 6) is -0.542. The molecule has 4 heteroatoms. The van der Waals surface area contributed by atoms with E-state index < -0.39 is 18.2 Å². The molecule has 0 saturated carbocycles. The first-order valence-electron chi connectivity index (χ1n) is 5.04. The molecule has 4 nitrogen and oxygen atoms in total. The van der Waals surface area contributed by atoms with Crippen LogP contribution in [0.1, 0.15) is 23.7 Å². The van der Waals surface area contributed by atoms with E-state index in [0.717, 1.165) is 5.56 Å². The number of rotatable bonds is 4. The fourth-order valence-corrected chi connectivity index (χ4v) is 1.49. The van der Waals surface area contributed by atoms with Gasteiger partial charge in [0.1, 0.15) is 6.10 Å². The number of carbonyl (C=O) groups excluding carboxylic acids is 1. The molecule has 0 aromatic heterocycles. The number of carbonyl (C=O) groups is 1. The van der Waals surface area contributed by atoms with Crippen molar-refractivity contribution in [3.05, 3.63) is 35.4 Å². The van der Waals surface area contributed by atoms with Crippen LogP contribution in [0.15, 0.2) is 24.3 Å². The number of hydrogen-bond acceptors (Lipinski definition) is 4. The van der Waals surface area contributed by atoms with E-state index in [1.54, 1.807) is 12.1 Å². The van der Waals surface area contributed by atoms with E-state index in [4.69, 9.17) is 0 Å². The Morgan fingerprint density at radius 2 is 2.00 bits per heavy atom. The molecule has 0 radical (unpaired) electrons. The van der Waals surface area contributed by atoms with E-state index in [0.29, 0.717) is 5.56 Å².